The molecule has 0 aromatic heterocycles. The van der Waals surface area contributed by atoms with Gasteiger partial charge in [0.1, 0.15) is 0 Å². The Morgan fingerprint density at radius 3 is 2.62 bits per heavy atom. The first-order chi connectivity index (χ1) is 6.22. The Morgan fingerprint density at radius 1 is 1.31 bits per heavy atom. The zero-order valence-corrected chi connectivity index (χ0v) is 8.65. The lowest BCUT2D eigenvalue weighted by Gasteiger charge is -2.01. The Balaban J connectivity index is 2.19. The molecule has 1 aliphatic rings. The molecule has 2 atom stereocenters. The molecule has 0 bridgehead atoms. The van der Waals surface area contributed by atoms with Crippen molar-refractivity contribution in [2.75, 3.05) is 6.54 Å². The number of hydrogen-bond donors (Lipinski definition) is 1. The van der Waals surface area contributed by atoms with Crippen LogP contribution in [0.4, 0.5) is 0 Å². The van der Waals surface area contributed by atoms with E-state index in [4.69, 9.17) is 28.9 Å². The Morgan fingerprint density at radius 2 is 2.08 bits per heavy atom. The molecule has 70 valence electrons. The van der Waals surface area contributed by atoms with Gasteiger partial charge in [0.2, 0.25) is 0 Å². The zero-order chi connectivity index (χ0) is 9.42. The maximum Gasteiger partial charge on any atom is 0.0595 e. The van der Waals surface area contributed by atoms with Crippen LogP contribution >= 0.6 is 23.2 Å². The molecule has 0 aliphatic heterocycles. The van der Waals surface area contributed by atoms with E-state index in [0.717, 1.165) is 6.54 Å². The first-order valence-corrected chi connectivity index (χ1v) is 5.13. The topological polar surface area (TPSA) is 26.0 Å². The van der Waals surface area contributed by atoms with Crippen LogP contribution in [-0.4, -0.2) is 6.54 Å². The number of hydrogen-bond acceptors (Lipinski definition) is 1. The van der Waals surface area contributed by atoms with Gasteiger partial charge < -0.3 is 5.73 Å². The number of benzene rings is 1. The van der Waals surface area contributed by atoms with Gasteiger partial charge in [0.05, 0.1) is 10.0 Å². The number of nitrogens with two attached hydrogens (primary N) is 1. The van der Waals surface area contributed by atoms with E-state index < -0.39 is 0 Å². The fourth-order valence-electron chi connectivity index (χ4n) is 1.66. The van der Waals surface area contributed by atoms with Crippen molar-refractivity contribution < 1.29 is 0 Å². The lowest BCUT2D eigenvalue weighted by atomic mass is 10.1. The molecule has 0 radical (unpaired) electrons. The number of halogens is 2. The Hall–Kier alpha value is -0.240. The maximum absolute atomic E-state index is 5.91. The van der Waals surface area contributed by atoms with Gasteiger partial charge in [0.15, 0.2) is 0 Å². The molecule has 0 amide bonds. The fourth-order valence-corrected chi connectivity index (χ4v) is 1.97. The second kappa shape index (κ2) is 3.49. The Kier molecular flexibility index (Phi) is 2.50. The van der Waals surface area contributed by atoms with Gasteiger partial charge in [-0.1, -0.05) is 29.3 Å². The molecule has 1 fully saturated rings. The largest absolute Gasteiger partial charge is 0.330 e. The van der Waals surface area contributed by atoms with E-state index in [-0.39, 0.29) is 0 Å². The summed E-state index contributed by atoms with van der Waals surface area (Å²) in [7, 11) is 0. The molecule has 2 N–H and O–H groups in total. The molecule has 0 spiro atoms. The summed E-state index contributed by atoms with van der Waals surface area (Å²) in [6, 6.07) is 5.84. The Bertz CT molecular complexity index is 325. The molecule has 2 rings (SSSR count). The monoisotopic (exact) mass is 215 g/mol. The maximum atomic E-state index is 5.91. The standard InChI is InChI=1S/C10H11Cl2N/c11-9-2-1-6(4-10(9)12)8-3-7(8)5-13/h1-2,4,7-8H,3,5,13H2. The predicted octanol–water partition coefficient (Wildman–Crippen LogP) is 3.06. The van der Waals surface area contributed by atoms with E-state index >= 15 is 0 Å². The van der Waals surface area contributed by atoms with Crippen molar-refractivity contribution in [2.24, 2.45) is 11.7 Å². The summed E-state index contributed by atoms with van der Waals surface area (Å²) in [4.78, 5) is 0. The average molecular weight is 216 g/mol. The van der Waals surface area contributed by atoms with Gasteiger partial charge in [-0.2, -0.15) is 0 Å². The summed E-state index contributed by atoms with van der Waals surface area (Å²) in [5.74, 6) is 1.26. The van der Waals surface area contributed by atoms with Crippen LogP contribution in [-0.2, 0) is 0 Å². The van der Waals surface area contributed by atoms with Crippen LogP contribution in [0.15, 0.2) is 18.2 Å². The Labute approximate surface area is 87.8 Å². The average Bonchev–Trinajstić information content (AvgIpc) is 2.88. The molecule has 1 aromatic rings. The summed E-state index contributed by atoms with van der Waals surface area (Å²) < 4.78 is 0. The van der Waals surface area contributed by atoms with Crippen LogP contribution in [0.2, 0.25) is 10.0 Å². The minimum Gasteiger partial charge on any atom is -0.330 e. The fraction of sp³-hybridized carbons (Fsp3) is 0.400. The van der Waals surface area contributed by atoms with Crippen LogP contribution in [0.25, 0.3) is 0 Å². The summed E-state index contributed by atoms with van der Waals surface area (Å²) in [5.41, 5.74) is 6.84. The summed E-state index contributed by atoms with van der Waals surface area (Å²) >= 11 is 11.7. The summed E-state index contributed by atoms with van der Waals surface area (Å²) in [6.45, 7) is 0.769. The van der Waals surface area contributed by atoms with Crippen LogP contribution < -0.4 is 5.73 Å². The molecule has 2 unspecified atom stereocenters. The van der Waals surface area contributed by atoms with Gasteiger partial charge in [-0.05, 0) is 42.5 Å². The molecule has 1 aromatic carbocycles. The van der Waals surface area contributed by atoms with E-state index in [1.54, 1.807) is 0 Å². The van der Waals surface area contributed by atoms with Crippen molar-refractivity contribution in [2.45, 2.75) is 12.3 Å². The minimum atomic E-state index is 0.611. The smallest absolute Gasteiger partial charge is 0.0595 e. The molecule has 1 aliphatic carbocycles. The second-order valence-corrected chi connectivity index (χ2v) is 4.33. The van der Waals surface area contributed by atoms with Crippen molar-refractivity contribution in [1.29, 1.82) is 0 Å². The first-order valence-electron chi connectivity index (χ1n) is 4.37. The van der Waals surface area contributed by atoms with E-state index in [9.17, 15) is 0 Å². The quantitative estimate of drug-likeness (QED) is 0.807. The zero-order valence-electron chi connectivity index (χ0n) is 7.13. The van der Waals surface area contributed by atoms with Crippen LogP contribution in [0, 0.1) is 5.92 Å². The lowest BCUT2D eigenvalue weighted by molar-refractivity contribution is 0.810. The van der Waals surface area contributed by atoms with Crippen molar-refractivity contribution in [3.05, 3.63) is 33.8 Å². The van der Waals surface area contributed by atoms with E-state index in [1.165, 1.54) is 12.0 Å². The summed E-state index contributed by atoms with van der Waals surface area (Å²) in [6.07, 6.45) is 1.19. The van der Waals surface area contributed by atoms with Gasteiger partial charge in [0, 0.05) is 0 Å². The van der Waals surface area contributed by atoms with Gasteiger partial charge in [-0.3, -0.25) is 0 Å². The summed E-state index contributed by atoms with van der Waals surface area (Å²) in [5, 5.41) is 1.26. The highest BCUT2D eigenvalue weighted by atomic mass is 35.5. The molecule has 0 heterocycles. The molecule has 13 heavy (non-hydrogen) atoms. The molecule has 1 nitrogen and oxygen atoms in total. The third kappa shape index (κ3) is 1.83. The third-order valence-corrected chi connectivity index (χ3v) is 3.34. The van der Waals surface area contributed by atoms with Crippen molar-refractivity contribution in [3.63, 3.8) is 0 Å². The lowest BCUT2D eigenvalue weighted by Crippen LogP contribution is -2.01. The van der Waals surface area contributed by atoms with Gasteiger partial charge in [0.25, 0.3) is 0 Å². The molecule has 0 saturated heterocycles. The minimum absolute atomic E-state index is 0.611. The van der Waals surface area contributed by atoms with Gasteiger partial charge >= 0.3 is 0 Å². The molecule has 1 saturated carbocycles. The van der Waals surface area contributed by atoms with Crippen LogP contribution in [0.5, 0.6) is 0 Å². The highest BCUT2D eigenvalue weighted by molar-refractivity contribution is 6.42. The normalized spacial score (nSPS) is 26.1. The van der Waals surface area contributed by atoms with Gasteiger partial charge in [-0.25, -0.2) is 0 Å². The number of rotatable bonds is 2. The second-order valence-electron chi connectivity index (χ2n) is 3.51. The van der Waals surface area contributed by atoms with Crippen molar-refractivity contribution in [3.8, 4) is 0 Å². The molecular weight excluding hydrogens is 205 g/mol. The van der Waals surface area contributed by atoms with E-state index in [1.807, 2.05) is 18.2 Å². The highest BCUT2D eigenvalue weighted by Crippen LogP contribution is 2.47. The van der Waals surface area contributed by atoms with Gasteiger partial charge in [-0.15, -0.1) is 0 Å². The predicted molar refractivity (Wildman–Crippen MR) is 56.4 cm³/mol. The highest BCUT2D eigenvalue weighted by Gasteiger charge is 2.36. The van der Waals surface area contributed by atoms with Crippen LogP contribution in [0.1, 0.15) is 17.9 Å². The first kappa shape index (κ1) is 9.32. The van der Waals surface area contributed by atoms with Crippen molar-refractivity contribution >= 4 is 23.2 Å². The third-order valence-electron chi connectivity index (χ3n) is 2.60. The van der Waals surface area contributed by atoms with Crippen LogP contribution in [0.3, 0.4) is 0 Å². The van der Waals surface area contributed by atoms with E-state index in [2.05, 4.69) is 0 Å². The van der Waals surface area contributed by atoms with E-state index in [0.29, 0.717) is 21.9 Å². The molecular formula is C10H11Cl2N. The molecule has 3 heteroatoms. The SMILES string of the molecule is NCC1CC1c1ccc(Cl)c(Cl)c1. The van der Waals surface area contributed by atoms with Crippen molar-refractivity contribution in [1.82, 2.24) is 0 Å².